The number of carbonyl (C=O) groups excluding carboxylic acids is 1. The lowest BCUT2D eigenvalue weighted by atomic mass is 10.1. The predicted molar refractivity (Wildman–Crippen MR) is 81.1 cm³/mol. The molecule has 1 aromatic carbocycles. The molecular weight excluding hydrogens is 268 g/mol. The van der Waals surface area contributed by atoms with Crippen LogP contribution in [0.4, 0.5) is 0 Å². The van der Waals surface area contributed by atoms with E-state index in [0.29, 0.717) is 11.6 Å². The van der Waals surface area contributed by atoms with Crippen molar-refractivity contribution in [1.29, 1.82) is 0 Å². The normalized spacial score (nSPS) is 19.9. The van der Waals surface area contributed by atoms with Gasteiger partial charge in [-0.3, -0.25) is 4.79 Å². The summed E-state index contributed by atoms with van der Waals surface area (Å²) in [7, 11) is 2.07. The quantitative estimate of drug-likeness (QED) is 0.858. The second-order valence-corrected chi connectivity index (χ2v) is 5.37. The third-order valence-corrected chi connectivity index (χ3v) is 3.82. The van der Waals surface area contributed by atoms with Gasteiger partial charge in [-0.2, -0.15) is 0 Å². The van der Waals surface area contributed by atoms with Gasteiger partial charge < -0.3 is 14.9 Å². The Morgan fingerprint density at radius 2 is 1.90 bits per heavy atom. The minimum Gasteiger partial charge on any atom is -0.478 e. The fraction of sp³-hybridized carbons (Fsp3) is 0.375. The molecule has 1 N–H and O–H groups in total. The highest BCUT2D eigenvalue weighted by Crippen LogP contribution is 2.13. The summed E-state index contributed by atoms with van der Waals surface area (Å²) >= 11 is 0. The first kappa shape index (κ1) is 15.3. The molecule has 1 aliphatic heterocycles. The average molecular weight is 288 g/mol. The summed E-state index contributed by atoms with van der Waals surface area (Å²) in [6.07, 6.45) is 2.59. The third-order valence-electron chi connectivity index (χ3n) is 3.82. The molecule has 0 spiro atoms. The maximum absolute atomic E-state index is 12.4. The zero-order valence-electron chi connectivity index (χ0n) is 12.3. The van der Waals surface area contributed by atoms with Crippen molar-refractivity contribution in [2.75, 3.05) is 26.7 Å². The molecule has 2 rings (SSSR count). The van der Waals surface area contributed by atoms with Gasteiger partial charge in [0.1, 0.15) is 0 Å². The van der Waals surface area contributed by atoms with E-state index in [4.69, 9.17) is 5.11 Å². The first-order valence-corrected chi connectivity index (χ1v) is 6.98. The first-order chi connectivity index (χ1) is 9.97. The molecule has 1 saturated heterocycles. The smallest absolute Gasteiger partial charge is 0.328 e. The maximum atomic E-state index is 12.4. The molecule has 0 aliphatic carbocycles. The zero-order chi connectivity index (χ0) is 15.4. The minimum absolute atomic E-state index is 0.0312. The predicted octanol–water partition coefficient (Wildman–Crippen LogP) is 1.56. The lowest BCUT2D eigenvalue weighted by molar-refractivity contribution is -0.131. The number of amides is 1. The summed E-state index contributed by atoms with van der Waals surface area (Å²) in [6.45, 7) is 4.46. The number of carboxylic acids is 1. The molecule has 1 aromatic rings. The van der Waals surface area contributed by atoms with Crippen LogP contribution in [0.25, 0.3) is 6.08 Å². The van der Waals surface area contributed by atoms with Crippen LogP contribution in [0.15, 0.2) is 30.3 Å². The van der Waals surface area contributed by atoms with E-state index in [1.807, 2.05) is 4.90 Å². The summed E-state index contributed by atoms with van der Waals surface area (Å²) in [5.74, 6) is -0.953. The summed E-state index contributed by atoms with van der Waals surface area (Å²) in [4.78, 5) is 27.0. The molecule has 5 heteroatoms. The van der Waals surface area contributed by atoms with Gasteiger partial charge in [0.15, 0.2) is 0 Å². The van der Waals surface area contributed by atoms with Crippen molar-refractivity contribution in [1.82, 2.24) is 9.80 Å². The molecule has 1 heterocycles. The van der Waals surface area contributed by atoms with Gasteiger partial charge in [0, 0.05) is 37.3 Å². The number of aliphatic carboxylic acids is 1. The molecule has 21 heavy (non-hydrogen) atoms. The van der Waals surface area contributed by atoms with Crippen molar-refractivity contribution in [3.8, 4) is 0 Å². The van der Waals surface area contributed by atoms with E-state index < -0.39 is 5.97 Å². The molecule has 1 amide bonds. The van der Waals surface area contributed by atoms with Crippen LogP contribution >= 0.6 is 0 Å². The van der Waals surface area contributed by atoms with E-state index in [-0.39, 0.29) is 5.91 Å². The highest BCUT2D eigenvalue weighted by atomic mass is 16.4. The van der Waals surface area contributed by atoms with Crippen LogP contribution < -0.4 is 0 Å². The molecule has 1 atom stereocenters. The Labute approximate surface area is 124 Å². The summed E-state index contributed by atoms with van der Waals surface area (Å²) in [6, 6.07) is 7.36. The highest BCUT2D eigenvalue weighted by Gasteiger charge is 2.24. The first-order valence-electron chi connectivity index (χ1n) is 6.98. The molecule has 0 bridgehead atoms. The molecule has 112 valence electrons. The monoisotopic (exact) mass is 288 g/mol. The van der Waals surface area contributed by atoms with E-state index in [1.54, 1.807) is 24.3 Å². The largest absolute Gasteiger partial charge is 0.478 e. The van der Waals surface area contributed by atoms with E-state index in [0.717, 1.165) is 31.3 Å². The lowest BCUT2D eigenvalue weighted by Gasteiger charge is -2.37. The van der Waals surface area contributed by atoms with Gasteiger partial charge in [-0.15, -0.1) is 0 Å². The maximum Gasteiger partial charge on any atom is 0.328 e. The molecular formula is C16H20N2O3. The number of hydrogen-bond acceptors (Lipinski definition) is 3. The van der Waals surface area contributed by atoms with Gasteiger partial charge in [-0.05, 0) is 37.7 Å². The van der Waals surface area contributed by atoms with Gasteiger partial charge in [0.05, 0.1) is 0 Å². The van der Waals surface area contributed by atoms with Crippen molar-refractivity contribution in [3.63, 3.8) is 0 Å². The number of hydrogen-bond donors (Lipinski definition) is 1. The Bertz CT molecular complexity index is 551. The number of benzene rings is 1. The molecule has 0 radical (unpaired) electrons. The van der Waals surface area contributed by atoms with Gasteiger partial charge >= 0.3 is 5.97 Å². The van der Waals surface area contributed by atoms with Crippen molar-refractivity contribution in [2.24, 2.45) is 0 Å². The summed E-state index contributed by atoms with van der Waals surface area (Å²) in [5, 5.41) is 8.58. The molecule has 0 saturated carbocycles. The van der Waals surface area contributed by atoms with Gasteiger partial charge in [0.2, 0.25) is 0 Å². The summed E-state index contributed by atoms with van der Waals surface area (Å²) in [5.41, 5.74) is 1.40. The summed E-state index contributed by atoms with van der Waals surface area (Å²) < 4.78 is 0. The van der Waals surface area contributed by atoms with Crippen molar-refractivity contribution in [2.45, 2.75) is 13.0 Å². The average Bonchev–Trinajstić information content (AvgIpc) is 2.48. The standard InChI is InChI=1S/C16H20N2O3/c1-12-11-18(10-9-17(12)2)16(21)14-6-3-13(4-7-14)5-8-15(19)20/h3-8,12H,9-11H2,1-2H3,(H,19,20). The Balaban J connectivity index is 2.05. The van der Waals surface area contributed by atoms with Crippen LogP contribution in [0, 0.1) is 0 Å². The van der Waals surface area contributed by atoms with Crippen LogP contribution in [-0.4, -0.2) is 59.5 Å². The Hall–Kier alpha value is -2.14. The fourth-order valence-corrected chi connectivity index (χ4v) is 2.32. The number of likely N-dealkylation sites (N-methyl/N-ethyl adjacent to an activating group) is 1. The molecule has 1 fully saturated rings. The van der Waals surface area contributed by atoms with Crippen molar-refractivity contribution < 1.29 is 14.7 Å². The third kappa shape index (κ3) is 3.92. The Morgan fingerprint density at radius 3 is 2.48 bits per heavy atom. The fourth-order valence-electron chi connectivity index (χ4n) is 2.32. The number of piperazine rings is 1. The molecule has 1 unspecified atom stereocenters. The number of carboxylic acid groups (broad SMARTS) is 1. The van der Waals surface area contributed by atoms with Crippen molar-refractivity contribution in [3.05, 3.63) is 41.5 Å². The van der Waals surface area contributed by atoms with E-state index in [9.17, 15) is 9.59 Å². The number of nitrogens with zero attached hydrogens (tertiary/aromatic N) is 2. The molecule has 1 aliphatic rings. The zero-order valence-corrected chi connectivity index (χ0v) is 12.3. The minimum atomic E-state index is -0.985. The lowest BCUT2D eigenvalue weighted by Crippen LogP contribution is -2.52. The van der Waals surface area contributed by atoms with Gasteiger partial charge in [-0.25, -0.2) is 4.79 Å². The van der Waals surface area contributed by atoms with E-state index >= 15 is 0 Å². The molecule has 0 aromatic heterocycles. The van der Waals surface area contributed by atoms with Crippen LogP contribution in [0.3, 0.4) is 0 Å². The number of carbonyl (C=O) groups is 2. The van der Waals surface area contributed by atoms with Crippen molar-refractivity contribution >= 4 is 18.0 Å². The van der Waals surface area contributed by atoms with Crippen LogP contribution in [-0.2, 0) is 4.79 Å². The highest BCUT2D eigenvalue weighted by molar-refractivity contribution is 5.94. The van der Waals surface area contributed by atoms with Gasteiger partial charge in [0.25, 0.3) is 5.91 Å². The number of rotatable bonds is 3. The van der Waals surface area contributed by atoms with Crippen LogP contribution in [0.1, 0.15) is 22.8 Å². The van der Waals surface area contributed by atoms with E-state index in [2.05, 4.69) is 18.9 Å². The second kappa shape index (κ2) is 6.54. The Kier molecular flexibility index (Phi) is 4.75. The van der Waals surface area contributed by atoms with Crippen LogP contribution in [0.2, 0.25) is 0 Å². The topological polar surface area (TPSA) is 60.9 Å². The second-order valence-electron chi connectivity index (χ2n) is 5.37. The SMILES string of the molecule is CC1CN(C(=O)c2ccc(C=CC(=O)O)cc2)CCN1C. The molecule has 5 nitrogen and oxygen atoms in total. The Morgan fingerprint density at radius 1 is 1.24 bits per heavy atom. The van der Waals surface area contributed by atoms with E-state index in [1.165, 1.54) is 6.08 Å². The van der Waals surface area contributed by atoms with Crippen LogP contribution in [0.5, 0.6) is 0 Å². The van der Waals surface area contributed by atoms with Gasteiger partial charge in [-0.1, -0.05) is 12.1 Å².